The number of nitrogens with one attached hydrogen (secondary N) is 3. The van der Waals surface area contributed by atoms with Gasteiger partial charge in [0.15, 0.2) is 0 Å². The number of benzene rings is 1. The van der Waals surface area contributed by atoms with Crippen molar-refractivity contribution in [2.45, 2.75) is 13.1 Å². The maximum Gasteiger partial charge on any atom is 0.315 e. The van der Waals surface area contributed by atoms with Crippen LogP contribution in [-0.2, 0) is 13.1 Å². The average Bonchev–Trinajstić information content (AvgIpc) is 2.88. The smallest absolute Gasteiger partial charge is 0.315 e. The fourth-order valence-corrected chi connectivity index (χ4v) is 1.40. The first-order valence-corrected chi connectivity index (χ1v) is 5.38. The summed E-state index contributed by atoms with van der Waals surface area (Å²) in [6.45, 7) is 0.915. The van der Waals surface area contributed by atoms with E-state index in [-0.39, 0.29) is 6.03 Å². The first kappa shape index (κ1) is 11.2. The van der Waals surface area contributed by atoms with Crippen LogP contribution >= 0.6 is 0 Å². The average molecular weight is 230 g/mol. The first-order valence-electron chi connectivity index (χ1n) is 5.38. The Morgan fingerprint density at radius 1 is 1.18 bits per heavy atom. The van der Waals surface area contributed by atoms with Crippen LogP contribution in [0.3, 0.4) is 0 Å². The quantitative estimate of drug-likeness (QED) is 0.743. The number of carbonyl (C=O) groups is 1. The molecule has 0 unspecified atom stereocenters. The molecule has 5 heteroatoms. The van der Waals surface area contributed by atoms with Gasteiger partial charge in [-0.2, -0.15) is 0 Å². The fraction of sp³-hybridized carbons (Fsp3) is 0.167. The van der Waals surface area contributed by atoms with Gasteiger partial charge in [-0.15, -0.1) is 0 Å². The molecular weight excluding hydrogens is 216 g/mol. The van der Waals surface area contributed by atoms with Gasteiger partial charge in [0.2, 0.25) is 0 Å². The van der Waals surface area contributed by atoms with E-state index in [1.807, 2.05) is 30.3 Å². The summed E-state index contributed by atoms with van der Waals surface area (Å²) < 4.78 is 0. The Bertz CT molecular complexity index is 453. The highest BCUT2D eigenvalue weighted by molar-refractivity contribution is 5.73. The van der Waals surface area contributed by atoms with E-state index in [2.05, 4.69) is 20.6 Å². The lowest BCUT2D eigenvalue weighted by Crippen LogP contribution is -2.34. The van der Waals surface area contributed by atoms with Gasteiger partial charge < -0.3 is 15.6 Å². The van der Waals surface area contributed by atoms with Crippen LogP contribution in [-0.4, -0.2) is 16.0 Å². The van der Waals surface area contributed by atoms with E-state index in [9.17, 15) is 4.79 Å². The lowest BCUT2D eigenvalue weighted by molar-refractivity contribution is 0.240. The molecule has 1 aromatic heterocycles. The molecule has 5 nitrogen and oxygen atoms in total. The van der Waals surface area contributed by atoms with Crippen molar-refractivity contribution in [2.24, 2.45) is 0 Å². The van der Waals surface area contributed by atoms with Crippen LogP contribution in [0.4, 0.5) is 4.79 Å². The second-order valence-electron chi connectivity index (χ2n) is 3.56. The summed E-state index contributed by atoms with van der Waals surface area (Å²) in [6, 6.07) is 9.56. The highest BCUT2D eigenvalue weighted by atomic mass is 16.2. The van der Waals surface area contributed by atoms with Gasteiger partial charge in [0.25, 0.3) is 0 Å². The summed E-state index contributed by atoms with van der Waals surface area (Å²) >= 11 is 0. The third kappa shape index (κ3) is 3.64. The normalized spacial score (nSPS) is 9.88. The van der Waals surface area contributed by atoms with Crippen molar-refractivity contribution in [3.63, 3.8) is 0 Å². The van der Waals surface area contributed by atoms with Crippen LogP contribution in [0.25, 0.3) is 0 Å². The van der Waals surface area contributed by atoms with Crippen molar-refractivity contribution >= 4 is 6.03 Å². The number of carbonyl (C=O) groups excluding carboxylic acids is 1. The molecule has 1 aromatic carbocycles. The molecule has 2 aromatic rings. The molecule has 3 N–H and O–H groups in total. The number of amides is 2. The number of nitrogens with zero attached hydrogens (tertiary/aromatic N) is 1. The van der Waals surface area contributed by atoms with Crippen molar-refractivity contribution in [1.82, 2.24) is 20.6 Å². The topological polar surface area (TPSA) is 69.8 Å². The molecule has 0 aliphatic carbocycles. The Morgan fingerprint density at radius 3 is 2.65 bits per heavy atom. The van der Waals surface area contributed by atoms with Crippen LogP contribution in [0, 0.1) is 0 Å². The molecule has 88 valence electrons. The van der Waals surface area contributed by atoms with Gasteiger partial charge >= 0.3 is 6.03 Å². The molecule has 0 saturated carbocycles. The summed E-state index contributed by atoms with van der Waals surface area (Å²) in [6.07, 6.45) is 3.37. The third-order valence-corrected chi connectivity index (χ3v) is 2.27. The monoisotopic (exact) mass is 230 g/mol. The number of urea groups is 1. The minimum atomic E-state index is -0.203. The van der Waals surface area contributed by atoms with Crippen LogP contribution < -0.4 is 10.6 Å². The molecule has 0 aliphatic rings. The molecule has 1 heterocycles. The van der Waals surface area contributed by atoms with Crippen LogP contribution in [0.5, 0.6) is 0 Å². The molecule has 2 amide bonds. The lowest BCUT2D eigenvalue weighted by Gasteiger charge is -2.06. The molecule has 0 bridgehead atoms. The largest absolute Gasteiger partial charge is 0.347 e. The zero-order valence-electron chi connectivity index (χ0n) is 9.31. The fourth-order valence-electron chi connectivity index (χ4n) is 1.40. The first-order chi connectivity index (χ1) is 8.34. The number of hydrogen-bond acceptors (Lipinski definition) is 2. The molecule has 0 spiro atoms. The Balaban J connectivity index is 1.71. The summed E-state index contributed by atoms with van der Waals surface area (Å²) in [4.78, 5) is 18.4. The molecule has 0 aliphatic heterocycles. The molecule has 0 radical (unpaired) electrons. The van der Waals surface area contributed by atoms with Crippen molar-refractivity contribution in [2.75, 3.05) is 0 Å². The van der Waals surface area contributed by atoms with Crippen molar-refractivity contribution < 1.29 is 4.79 Å². The standard InChI is InChI=1S/C12H14N4O/c17-12(16-9-11-13-6-7-14-11)15-8-10-4-2-1-3-5-10/h1-7H,8-9H2,(H,13,14)(H2,15,16,17). The molecule has 17 heavy (non-hydrogen) atoms. The number of imidazole rings is 1. The van der Waals surface area contributed by atoms with Crippen LogP contribution in [0.2, 0.25) is 0 Å². The second-order valence-corrected chi connectivity index (χ2v) is 3.56. The van der Waals surface area contributed by atoms with E-state index in [4.69, 9.17) is 0 Å². The van der Waals surface area contributed by atoms with E-state index in [1.54, 1.807) is 12.4 Å². The Hall–Kier alpha value is -2.30. The van der Waals surface area contributed by atoms with E-state index < -0.39 is 0 Å². The van der Waals surface area contributed by atoms with E-state index in [0.717, 1.165) is 11.4 Å². The Kier molecular flexibility index (Phi) is 3.75. The zero-order chi connectivity index (χ0) is 11.9. The molecule has 0 atom stereocenters. The maximum absolute atomic E-state index is 11.4. The number of hydrogen-bond donors (Lipinski definition) is 3. The summed E-state index contributed by atoms with van der Waals surface area (Å²) in [7, 11) is 0. The summed E-state index contributed by atoms with van der Waals surface area (Å²) in [5.74, 6) is 0.736. The van der Waals surface area contributed by atoms with Gasteiger partial charge in [-0.1, -0.05) is 30.3 Å². The molecule has 0 fully saturated rings. The number of rotatable bonds is 4. The molecular formula is C12H14N4O. The van der Waals surface area contributed by atoms with Gasteiger partial charge in [0, 0.05) is 18.9 Å². The van der Waals surface area contributed by atoms with Gasteiger partial charge in [0.1, 0.15) is 5.82 Å². The molecule has 0 saturated heterocycles. The zero-order valence-corrected chi connectivity index (χ0v) is 9.31. The lowest BCUT2D eigenvalue weighted by atomic mass is 10.2. The van der Waals surface area contributed by atoms with Crippen LogP contribution in [0.1, 0.15) is 11.4 Å². The minimum absolute atomic E-state index is 0.203. The van der Waals surface area contributed by atoms with E-state index >= 15 is 0 Å². The van der Waals surface area contributed by atoms with Crippen molar-refractivity contribution in [1.29, 1.82) is 0 Å². The highest BCUT2D eigenvalue weighted by Crippen LogP contribution is 1.96. The maximum atomic E-state index is 11.4. The number of H-pyrrole nitrogens is 1. The summed E-state index contributed by atoms with van der Waals surface area (Å²) in [5.41, 5.74) is 1.07. The Morgan fingerprint density at radius 2 is 1.94 bits per heavy atom. The SMILES string of the molecule is O=C(NCc1ccccc1)NCc1ncc[nH]1. The van der Waals surface area contributed by atoms with Gasteiger partial charge in [0.05, 0.1) is 6.54 Å². The van der Waals surface area contributed by atoms with Crippen molar-refractivity contribution in [3.05, 3.63) is 54.1 Å². The number of aromatic nitrogens is 2. The predicted molar refractivity (Wildman–Crippen MR) is 64.1 cm³/mol. The van der Waals surface area contributed by atoms with Crippen molar-refractivity contribution in [3.8, 4) is 0 Å². The number of aromatic amines is 1. The Labute approximate surface area is 99.3 Å². The third-order valence-electron chi connectivity index (χ3n) is 2.27. The van der Waals surface area contributed by atoms with Gasteiger partial charge in [-0.3, -0.25) is 0 Å². The van der Waals surface area contributed by atoms with E-state index in [1.165, 1.54) is 0 Å². The van der Waals surface area contributed by atoms with Gasteiger partial charge in [-0.25, -0.2) is 9.78 Å². The second kappa shape index (κ2) is 5.69. The summed E-state index contributed by atoms with van der Waals surface area (Å²) in [5, 5.41) is 5.48. The minimum Gasteiger partial charge on any atom is -0.347 e. The predicted octanol–water partition coefficient (Wildman–Crippen LogP) is 1.41. The van der Waals surface area contributed by atoms with Crippen LogP contribution in [0.15, 0.2) is 42.7 Å². The van der Waals surface area contributed by atoms with Gasteiger partial charge in [-0.05, 0) is 5.56 Å². The molecule has 2 rings (SSSR count). The van der Waals surface area contributed by atoms with E-state index in [0.29, 0.717) is 13.1 Å². The highest BCUT2D eigenvalue weighted by Gasteiger charge is 2.00.